The quantitative estimate of drug-likeness (QED) is 0.665. The summed E-state index contributed by atoms with van der Waals surface area (Å²) in [4.78, 5) is 10.1. The van der Waals surface area contributed by atoms with E-state index >= 15 is 0 Å². The highest BCUT2D eigenvalue weighted by molar-refractivity contribution is 5.85. The molecule has 0 saturated heterocycles. The summed E-state index contributed by atoms with van der Waals surface area (Å²) >= 11 is 0. The van der Waals surface area contributed by atoms with Gasteiger partial charge in [0, 0.05) is 30.3 Å². The molecule has 2 rings (SSSR count). The zero-order chi connectivity index (χ0) is 13.0. The Balaban J connectivity index is 0.00000180. The minimum atomic E-state index is -0.458. The average Bonchev–Trinajstić information content (AvgIpc) is 2.85. The Labute approximate surface area is 114 Å². The number of non-ortho nitro benzene ring substituents is 1. The molecular formula is C11H12ClN3O4. The monoisotopic (exact) mass is 285 g/mol. The van der Waals surface area contributed by atoms with Gasteiger partial charge in [-0.25, -0.2) is 0 Å². The van der Waals surface area contributed by atoms with Crippen molar-refractivity contribution in [2.75, 3.05) is 13.2 Å². The number of nitrogens with zero attached hydrogens (tertiary/aromatic N) is 2. The lowest BCUT2D eigenvalue weighted by atomic mass is 10.1. The van der Waals surface area contributed by atoms with Crippen LogP contribution < -0.4 is 10.5 Å². The van der Waals surface area contributed by atoms with Gasteiger partial charge in [0.1, 0.15) is 6.61 Å². The molecular weight excluding hydrogens is 274 g/mol. The molecule has 7 nitrogen and oxygen atoms in total. The van der Waals surface area contributed by atoms with Crippen LogP contribution in [-0.2, 0) is 0 Å². The molecule has 1 aromatic carbocycles. The molecule has 0 unspecified atom stereocenters. The van der Waals surface area contributed by atoms with Crippen molar-refractivity contribution in [1.29, 1.82) is 0 Å². The highest BCUT2D eigenvalue weighted by atomic mass is 35.5. The third-order valence-electron chi connectivity index (χ3n) is 2.22. The Morgan fingerprint density at radius 1 is 1.37 bits per heavy atom. The molecule has 1 aromatic heterocycles. The van der Waals surface area contributed by atoms with Gasteiger partial charge < -0.3 is 15.0 Å². The largest absolute Gasteiger partial charge is 0.474 e. The first-order chi connectivity index (χ1) is 8.70. The van der Waals surface area contributed by atoms with E-state index in [1.54, 1.807) is 18.2 Å². The van der Waals surface area contributed by atoms with Gasteiger partial charge in [-0.2, -0.15) is 0 Å². The molecule has 2 aromatic rings. The average molecular weight is 286 g/mol. The van der Waals surface area contributed by atoms with Crippen LogP contribution in [-0.4, -0.2) is 23.2 Å². The topological polar surface area (TPSA) is 104 Å². The molecule has 0 aliphatic carbocycles. The number of hydrogen-bond donors (Lipinski definition) is 1. The fourth-order valence-electron chi connectivity index (χ4n) is 1.37. The second-order valence-corrected chi connectivity index (χ2v) is 3.47. The van der Waals surface area contributed by atoms with Gasteiger partial charge in [0.05, 0.1) is 4.92 Å². The fraction of sp³-hybridized carbons (Fsp3) is 0.182. The van der Waals surface area contributed by atoms with Crippen LogP contribution in [0.2, 0.25) is 0 Å². The number of nitrogens with two attached hydrogens (primary N) is 1. The van der Waals surface area contributed by atoms with Crippen LogP contribution >= 0.6 is 12.4 Å². The third-order valence-corrected chi connectivity index (χ3v) is 2.22. The SMILES string of the molecule is Cl.NCCOc1cc(-c2ccc([N+](=O)[O-])cc2)on1. The maximum absolute atomic E-state index is 10.5. The van der Waals surface area contributed by atoms with E-state index in [-0.39, 0.29) is 18.1 Å². The van der Waals surface area contributed by atoms with Gasteiger partial charge in [0.25, 0.3) is 11.6 Å². The first-order valence-electron chi connectivity index (χ1n) is 5.25. The Bertz CT molecular complexity index is 541. The third kappa shape index (κ3) is 3.67. The molecule has 0 saturated carbocycles. The first kappa shape index (κ1) is 14.9. The summed E-state index contributed by atoms with van der Waals surface area (Å²) in [6.07, 6.45) is 0. The summed E-state index contributed by atoms with van der Waals surface area (Å²) in [5.41, 5.74) is 6.01. The van der Waals surface area contributed by atoms with Crippen molar-refractivity contribution in [3.8, 4) is 17.2 Å². The standard InChI is InChI=1S/C11H11N3O4.ClH/c12-5-6-17-11-7-10(18-13-11)8-1-3-9(4-2-8)14(15)16;/h1-4,7H,5-6,12H2;1H. The molecule has 0 atom stereocenters. The van der Waals surface area contributed by atoms with Crippen molar-refractivity contribution in [2.45, 2.75) is 0 Å². The molecule has 0 bridgehead atoms. The Kier molecular flexibility index (Phi) is 5.28. The van der Waals surface area contributed by atoms with Gasteiger partial charge >= 0.3 is 0 Å². The Hall–Kier alpha value is -2.12. The number of rotatable bonds is 5. The van der Waals surface area contributed by atoms with E-state index in [1.165, 1.54) is 12.1 Å². The van der Waals surface area contributed by atoms with Crippen LogP contribution in [0.3, 0.4) is 0 Å². The summed E-state index contributed by atoms with van der Waals surface area (Å²) < 4.78 is 10.2. The summed E-state index contributed by atoms with van der Waals surface area (Å²) in [6.45, 7) is 0.742. The zero-order valence-corrected chi connectivity index (χ0v) is 10.6. The predicted octanol–water partition coefficient (Wildman–Crippen LogP) is 2.01. The van der Waals surface area contributed by atoms with Crippen LogP contribution in [0.15, 0.2) is 34.9 Å². The number of halogens is 1. The Morgan fingerprint density at radius 3 is 2.63 bits per heavy atom. The minimum absolute atomic E-state index is 0. The molecule has 2 N–H and O–H groups in total. The van der Waals surface area contributed by atoms with E-state index < -0.39 is 4.92 Å². The van der Waals surface area contributed by atoms with Crippen molar-refractivity contribution in [3.05, 3.63) is 40.4 Å². The fourth-order valence-corrected chi connectivity index (χ4v) is 1.37. The van der Waals surface area contributed by atoms with Gasteiger partial charge in [-0.15, -0.1) is 12.4 Å². The number of aromatic nitrogens is 1. The first-order valence-corrected chi connectivity index (χ1v) is 5.25. The highest BCUT2D eigenvalue weighted by Gasteiger charge is 2.10. The normalized spacial score (nSPS) is 9.74. The molecule has 102 valence electrons. The van der Waals surface area contributed by atoms with E-state index in [0.29, 0.717) is 30.4 Å². The number of benzene rings is 1. The number of nitro groups is 1. The molecule has 0 aliphatic heterocycles. The summed E-state index contributed by atoms with van der Waals surface area (Å²) in [5.74, 6) is 0.825. The van der Waals surface area contributed by atoms with Gasteiger partial charge in [-0.3, -0.25) is 10.1 Å². The van der Waals surface area contributed by atoms with Crippen molar-refractivity contribution < 1.29 is 14.2 Å². The maximum Gasteiger partial charge on any atom is 0.269 e. The van der Waals surface area contributed by atoms with Crippen LogP contribution in [0, 0.1) is 10.1 Å². The minimum Gasteiger partial charge on any atom is -0.474 e. The molecule has 0 aliphatic rings. The second kappa shape index (κ2) is 6.72. The van der Waals surface area contributed by atoms with Crippen molar-refractivity contribution in [1.82, 2.24) is 5.16 Å². The highest BCUT2D eigenvalue weighted by Crippen LogP contribution is 2.25. The van der Waals surface area contributed by atoms with Crippen LogP contribution in [0.5, 0.6) is 5.88 Å². The van der Waals surface area contributed by atoms with Crippen molar-refractivity contribution in [3.63, 3.8) is 0 Å². The van der Waals surface area contributed by atoms with E-state index in [1.807, 2.05) is 0 Å². The molecule has 0 fully saturated rings. The lowest BCUT2D eigenvalue weighted by Crippen LogP contribution is -2.10. The van der Waals surface area contributed by atoms with Crippen LogP contribution in [0.4, 0.5) is 5.69 Å². The molecule has 0 radical (unpaired) electrons. The second-order valence-electron chi connectivity index (χ2n) is 3.47. The van der Waals surface area contributed by atoms with Gasteiger partial charge in [0.15, 0.2) is 5.76 Å². The van der Waals surface area contributed by atoms with Gasteiger partial charge in [0.2, 0.25) is 0 Å². The van der Waals surface area contributed by atoms with E-state index in [4.69, 9.17) is 15.0 Å². The zero-order valence-electron chi connectivity index (χ0n) is 9.81. The predicted molar refractivity (Wildman–Crippen MR) is 70.4 cm³/mol. The summed E-state index contributed by atoms with van der Waals surface area (Å²) in [5, 5.41) is 14.2. The maximum atomic E-state index is 10.5. The molecule has 0 spiro atoms. The number of nitro benzene ring substituents is 1. The Morgan fingerprint density at radius 2 is 2.05 bits per heavy atom. The molecule has 8 heteroatoms. The molecule has 1 heterocycles. The van der Waals surface area contributed by atoms with Gasteiger partial charge in [-0.1, -0.05) is 0 Å². The van der Waals surface area contributed by atoms with Crippen molar-refractivity contribution in [2.24, 2.45) is 5.73 Å². The van der Waals surface area contributed by atoms with E-state index in [9.17, 15) is 10.1 Å². The lowest BCUT2D eigenvalue weighted by molar-refractivity contribution is -0.384. The van der Waals surface area contributed by atoms with Crippen LogP contribution in [0.25, 0.3) is 11.3 Å². The molecule has 19 heavy (non-hydrogen) atoms. The van der Waals surface area contributed by atoms with Gasteiger partial charge in [-0.05, 0) is 17.3 Å². The van der Waals surface area contributed by atoms with E-state index in [0.717, 1.165) is 0 Å². The van der Waals surface area contributed by atoms with Crippen molar-refractivity contribution >= 4 is 18.1 Å². The van der Waals surface area contributed by atoms with Crippen LogP contribution in [0.1, 0.15) is 0 Å². The molecule has 0 amide bonds. The summed E-state index contributed by atoms with van der Waals surface area (Å²) in [6, 6.07) is 7.59. The van der Waals surface area contributed by atoms with E-state index in [2.05, 4.69) is 5.16 Å². The smallest absolute Gasteiger partial charge is 0.269 e. The number of hydrogen-bond acceptors (Lipinski definition) is 6. The number of ether oxygens (including phenoxy) is 1. The lowest BCUT2D eigenvalue weighted by Gasteiger charge is -1.96. The summed E-state index contributed by atoms with van der Waals surface area (Å²) in [7, 11) is 0.